The molecule has 3 rings (SSSR count). The highest BCUT2D eigenvalue weighted by molar-refractivity contribution is 5.95. The maximum Gasteiger partial charge on any atom is 0.272 e. The van der Waals surface area contributed by atoms with Crippen LogP contribution in [0.2, 0.25) is 0 Å². The third-order valence-electron chi connectivity index (χ3n) is 6.77. The van der Waals surface area contributed by atoms with Crippen molar-refractivity contribution in [1.29, 1.82) is 0 Å². The van der Waals surface area contributed by atoms with Crippen molar-refractivity contribution in [2.75, 3.05) is 6.54 Å². The van der Waals surface area contributed by atoms with E-state index in [1.54, 1.807) is 13.8 Å². The fourth-order valence-corrected chi connectivity index (χ4v) is 5.54. The second-order valence-corrected chi connectivity index (χ2v) is 10.9. The first kappa shape index (κ1) is 26.8. The van der Waals surface area contributed by atoms with Crippen molar-refractivity contribution in [3.8, 4) is 0 Å². The van der Waals surface area contributed by atoms with Gasteiger partial charge in [-0.2, -0.15) is 0 Å². The van der Waals surface area contributed by atoms with E-state index >= 15 is 0 Å². The van der Waals surface area contributed by atoms with Gasteiger partial charge in [0.05, 0.1) is 9.85 Å². The van der Waals surface area contributed by atoms with Crippen LogP contribution in [0.4, 0.5) is 11.4 Å². The molecule has 1 aliphatic carbocycles. The third-order valence-corrected chi connectivity index (χ3v) is 6.77. The molecule has 0 heterocycles. The lowest BCUT2D eigenvalue weighted by Gasteiger charge is -2.47. The van der Waals surface area contributed by atoms with Crippen LogP contribution in [-0.2, 0) is 0 Å². The summed E-state index contributed by atoms with van der Waals surface area (Å²) in [4.78, 5) is 46.9. The van der Waals surface area contributed by atoms with Crippen LogP contribution >= 0.6 is 0 Å². The van der Waals surface area contributed by atoms with Crippen molar-refractivity contribution in [2.45, 2.75) is 59.9 Å². The Bertz CT molecular complexity index is 1220. The van der Waals surface area contributed by atoms with Crippen LogP contribution in [0.1, 0.15) is 71.9 Å². The summed E-state index contributed by atoms with van der Waals surface area (Å²) in [5.41, 5.74) is 1.11. The molecule has 2 aromatic rings. The Labute approximate surface area is 209 Å². The monoisotopic (exact) mass is 496 g/mol. The number of amides is 2. The number of nitrogens with zero attached hydrogens (tertiary/aromatic N) is 2. The van der Waals surface area contributed by atoms with Crippen molar-refractivity contribution in [3.05, 3.63) is 78.9 Å². The van der Waals surface area contributed by atoms with Crippen molar-refractivity contribution in [2.24, 2.45) is 10.8 Å². The Morgan fingerprint density at radius 2 is 1.39 bits per heavy atom. The number of aryl methyl sites for hydroxylation is 2. The molecule has 0 aromatic heterocycles. The molecule has 2 unspecified atom stereocenters. The highest BCUT2D eigenvalue weighted by Gasteiger charge is 2.42. The molecule has 2 aromatic carbocycles. The molecule has 1 fully saturated rings. The summed E-state index contributed by atoms with van der Waals surface area (Å²) >= 11 is 0. The summed E-state index contributed by atoms with van der Waals surface area (Å²) in [5.74, 6) is -0.594. The summed E-state index contributed by atoms with van der Waals surface area (Å²) in [6, 6.07) is 8.47. The zero-order valence-electron chi connectivity index (χ0n) is 21.2. The lowest BCUT2D eigenvalue weighted by Crippen LogP contribution is -2.50. The number of carbonyl (C=O) groups excluding carboxylic acids is 2. The predicted molar refractivity (Wildman–Crippen MR) is 135 cm³/mol. The molecule has 0 radical (unpaired) electrons. The SMILES string of the molecule is Cc1cc(C(=O)NCC2(C)CC(NC(=O)c3ccc([N+](=O)[O-])c(C)c3)CC(C)(C)C2)ccc1[N+](=O)[O-]. The largest absolute Gasteiger partial charge is 0.351 e. The average Bonchev–Trinajstić information content (AvgIpc) is 2.75. The van der Waals surface area contributed by atoms with Crippen LogP contribution in [0.15, 0.2) is 36.4 Å². The Kier molecular flexibility index (Phi) is 7.47. The average molecular weight is 497 g/mol. The number of benzene rings is 2. The van der Waals surface area contributed by atoms with Gasteiger partial charge in [0.15, 0.2) is 0 Å². The van der Waals surface area contributed by atoms with Crippen molar-refractivity contribution < 1.29 is 19.4 Å². The molecular formula is C26H32N4O6. The van der Waals surface area contributed by atoms with Crippen LogP contribution in [0.3, 0.4) is 0 Å². The van der Waals surface area contributed by atoms with Gasteiger partial charge < -0.3 is 10.6 Å². The number of hydrogen-bond acceptors (Lipinski definition) is 6. The first-order valence-electron chi connectivity index (χ1n) is 11.8. The zero-order valence-corrected chi connectivity index (χ0v) is 21.2. The van der Waals surface area contributed by atoms with E-state index in [1.165, 1.54) is 36.4 Å². The van der Waals surface area contributed by atoms with Gasteiger partial charge >= 0.3 is 0 Å². The highest BCUT2D eigenvalue weighted by Crippen LogP contribution is 2.46. The Morgan fingerprint density at radius 3 is 1.86 bits per heavy atom. The van der Waals surface area contributed by atoms with E-state index in [-0.39, 0.29) is 40.1 Å². The highest BCUT2D eigenvalue weighted by atomic mass is 16.6. The minimum Gasteiger partial charge on any atom is -0.351 e. The van der Waals surface area contributed by atoms with Crippen LogP contribution in [0.5, 0.6) is 0 Å². The van der Waals surface area contributed by atoms with E-state index in [9.17, 15) is 29.8 Å². The quantitative estimate of drug-likeness (QED) is 0.413. The van der Waals surface area contributed by atoms with Crippen LogP contribution < -0.4 is 10.6 Å². The number of nitrogens with one attached hydrogen (secondary N) is 2. The van der Waals surface area contributed by atoms with Gasteiger partial charge in [-0.25, -0.2) is 0 Å². The van der Waals surface area contributed by atoms with Gasteiger partial charge in [0.25, 0.3) is 23.2 Å². The Balaban J connectivity index is 1.69. The lowest BCUT2D eigenvalue weighted by atomic mass is 9.62. The number of nitro groups is 2. The third kappa shape index (κ3) is 6.24. The van der Waals surface area contributed by atoms with Crippen molar-refractivity contribution in [3.63, 3.8) is 0 Å². The van der Waals surface area contributed by atoms with Crippen LogP contribution in [0.25, 0.3) is 0 Å². The topological polar surface area (TPSA) is 144 Å². The first-order valence-corrected chi connectivity index (χ1v) is 11.8. The molecule has 1 aliphatic rings. The van der Waals surface area contributed by atoms with Gasteiger partial charge in [-0.1, -0.05) is 20.8 Å². The Morgan fingerprint density at radius 1 is 0.889 bits per heavy atom. The number of nitro benzene ring substituents is 2. The van der Waals surface area contributed by atoms with Gasteiger partial charge in [0, 0.05) is 47.0 Å². The summed E-state index contributed by atoms with van der Waals surface area (Å²) in [6.45, 7) is 9.91. The van der Waals surface area contributed by atoms with E-state index in [4.69, 9.17) is 0 Å². The fraction of sp³-hybridized carbons (Fsp3) is 0.462. The second-order valence-electron chi connectivity index (χ2n) is 10.9. The standard InChI is InChI=1S/C26H32N4O6/c1-16-10-18(6-8-21(16)29(33)34)23(31)27-15-26(5)13-20(12-25(3,4)14-26)28-24(32)19-7-9-22(30(35)36)17(2)11-19/h6-11,20H,12-15H2,1-5H3,(H,27,31)(H,28,32). The summed E-state index contributed by atoms with van der Waals surface area (Å²) in [7, 11) is 0. The molecule has 0 spiro atoms. The molecule has 10 nitrogen and oxygen atoms in total. The van der Waals surface area contributed by atoms with E-state index in [0.717, 1.165) is 12.8 Å². The molecule has 1 saturated carbocycles. The number of rotatable bonds is 7. The minimum absolute atomic E-state index is 0.0307. The van der Waals surface area contributed by atoms with E-state index in [2.05, 4.69) is 31.4 Å². The molecule has 192 valence electrons. The molecule has 2 amide bonds. The van der Waals surface area contributed by atoms with Crippen molar-refractivity contribution >= 4 is 23.2 Å². The summed E-state index contributed by atoms with van der Waals surface area (Å²) in [5, 5.41) is 28.2. The van der Waals surface area contributed by atoms with Crippen molar-refractivity contribution in [1.82, 2.24) is 10.6 Å². The maximum absolute atomic E-state index is 12.9. The molecule has 36 heavy (non-hydrogen) atoms. The van der Waals surface area contributed by atoms with E-state index < -0.39 is 9.85 Å². The van der Waals surface area contributed by atoms with E-state index in [1.807, 2.05) is 0 Å². The second kappa shape index (κ2) is 10.0. The molecule has 2 atom stereocenters. The fourth-order valence-electron chi connectivity index (χ4n) is 5.54. The molecule has 0 saturated heterocycles. The normalized spacial score (nSPS) is 20.9. The minimum atomic E-state index is -0.478. The van der Waals surface area contributed by atoms with Crippen LogP contribution in [0, 0.1) is 44.9 Å². The van der Waals surface area contributed by atoms with Gasteiger partial charge in [0.2, 0.25) is 0 Å². The van der Waals surface area contributed by atoms with Gasteiger partial charge in [0.1, 0.15) is 0 Å². The van der Waals surface area contributed by atoms with Gasteiger partial charge in [-0.05, 0) is 68.2 Å². The van der Waals surface area contributed by atoms with Gasteiger partial charge in [-0.3, -0.25) is 29.8 Å². The molecule has 10 heteroatoms. The first-order chi connectivity index (χ1) is 16.7. The van der Waals surface area contributed by atoms with Gasteiger partial charge in [-0.15, -0.1) is 0 Å². The number of hydrogen-bond donors (Lipinski definition) is 2. The van der Waals surface area contributed by atoms with Crippen LogP contribution in [-0.4, -0.2) is 34.2 Å². The smallest absolute Gasteiger partial charge is 0.272 e. The molecular weight excluding hydrogens is 464 g/mol. The van der Waals surface area contributed by atoms with E-state index in [0.29, 0.717) is 35.2 Å². The molecule has 0 bridgehead atoms. The zero-order chi connectivity index (χ0) is 26.8. The molecule has 0 aliphatic heterocycles. The maximum atomic E-state index is 12.9. The summed E-state index contributed by atoms with van der Waals surface area (Å²) in [6.07, 6.45) is 2.24. The predicted octanol–water partition coefficient (Wildman–Crippen LogP) is 4.86. The summed E-state index contributed by atoms with van der Waals surface area (Å²) < 4.78 is 0. The Hall–Kier alpha value is -3.82. The molecule has 2 N–H and O–H groups in total. The lowest BCUT2D eigenvalue weighted by molar-refractivity contribution is -0.385. The number of carbonyl (C=O) groups is 2.